The average molecular weight is 320 g/mol. The average Bonchev–Trinajstić information content (AvgIpc) is 2.17. The highest BCUT2D eigenvalue weighted by Gasteiger charge is 2.12. The molecule has 0 radical (unpaired) electrons. The zero-order chi connectivity index (χ0) is 11.4. The monoisotopic (exact) mass is 320 g/mol. The van der Waals surface area contributed by atoms with Crippen molar-refractivity contribution in [1.29, 1.82) is 0 Å². The van der Waals surface area contributed by atoms with Gasteiger partial charge in [-0.25, -0.2) is 4.39 Å². The summed E-state index contributed by atoms with van der Waals surface area (Å²) in [7, 11) is 0. The molecule has 1 nitrogen and oxygen atoms in total. The van der Waals surface area contributed by atoms with E-state index in [-0.39, 0.29) is 5.82 Å². The highest BCUT2D eigenvalue weighted by Crippen LogP contribution is 2.26. The molecule has 0 saturated heterocycles. The molecule has 0 aromatic heterocycles. The van der Waals surface area contributed by atoms with Gasteiger partial charge in [0.15, 0.2) is 0 Å². The van der Waals surface area contributed by atoms with Crippen LogP contribution >= 0.6 is 22.6 Å². The van der Waals surface area contributed by atoms with Gasteiger partial charge in [-0.1, -0.05) is 25.1 Å². The van der Waals surface area contributed by atoms with Crippen molar-refractivity contribution in [2.45, 2.75) is 25.9 Å². The van der Waals surface area contributed by atoms with E-state index < -0.39 is 6.10 Å². The predicted octanol–water partition coefficient (Wildman–Crippen LogP) is 3.82. The van der Waals surface area contributed by atoms with Gasteiger partial charge in [-0.15, -0.1) is 0 Å². The Balaban J connectivity index is 2.82. The molecule has 3 heteroatoms. The number of hydrogen-bond acceptors (Lipinski definition) is 1. The Bertz CT molecular complexity index is 363. The first kappa shape index (κ1) is 12.6. The Morgan fingerprint density at radius 1 is 1.60 bits per heavy atom. The smallest absolute Gasteiger partial charge is 0.124 e. The molecule has 1 rings (SSSR count). The van der Waals surface area contributed by atoms with Crippen LogP contribution in [0, 0.1) is 9.39 Å². The minimum atomic E-state index is -0.579. The third-order valence-corrected chi connectivity index (χ3v) is 3.24. The SMILES string of the molecule is C=C(CC)CC(O)c1ccc(F)cc1I. The molecule has 0 aliphatic carbocycles. The first-order valence-corrected chi connectivity index (χ1v) is 5.92. The van der Waals surface area contributed by atoms with E-state index in [1.54, 1.807) is 6.07 Å². The van der Waals surface area contributed by atoms with Crippen molar-refractivity contribution in [2.24, 2.45) is 0 Å². The molecule has 0 aliphatic rings. The van der Waals surface area contributed by atoms with E-state index >= 15 is 0 Å². The molecule has 0 aliphatic heterocycles. The summed E-state index contributed by atoms with van der Waals surface area (Å²) in [5, 5.41) is 9.91. The maximum absolute atomic E-state index is 12.8. The Kier molecular flexibility index (Phi) is 4.73. The first-order valence-electron chi connectivity index (χ1n) is 4.84. The van der Waals surface area contributed by atoms with E-state index in [0.29, 0.717) is 6.42 Å². The van der Waals surface area contributed by atoms with Crippen LogP contribution in [-0.4, -0.2) is 5.11 Å². The molecule has 0 spiro atoms. The van der Waals surface area contributed by atoms with Crippen molar-refractivity contribution in [2.75, 3.05) is 0 Å². The summed E-state index contributed by atoms with van der Waals surface area (Å²) in [6.45, 7) is 5.85. The third-order valence-electron chi connectivity index (χ3n) is 2.30. The molecule has 82 valence electrons. The first-order chi connectivity index (χ1) is 7.04. The number of hydrogen-bond donors (Lipinski definition) is 1. The standard InChI is InChI=1S/C12H14FIO/c1-3-8(2)6-12(15)10-5-4-9(13)7-11(10)14/h4-5,7,12,15H,2-3,6H2,1H3. The van der Waals surface area contributed by atoms with Gasteiger partial charge in [-0.2, -0.15) is 0 Å². The van der Waals surface area contributed by atoms with Gasteiger partial charge >= 0.3 is 0 Å². The molecule has 1 aromatic rings. The highest BCUT2D eigenvalue weighted by molar-refractivity contribution is 14.1. The topological polar surface area (TPSA) is 20.2 Å². The van der Waals surface area contributed by atoms with Crippen LogP contribution < -0.4 is 0 Å². The number of rotatable bonds is 4. The summed E-state index contributed by atoms with van der Waals surface area (Å²) in [6.07, 6.45) is 0.817. The fraction of sp³-hybridized carbons (Fsp3) is 0.333. The normalized spacial score (nSPS) is 12.5. The molecule has 0 amide bonds. The fourth-order valence-electron chi connectivity index (χ4n) is 1.30. The van der Waals surface area contributed by atoms with Gasteiger partial charge in [-0.3, -0.25) is 0 Å². The van der Waals surface area contributed by atoms with Crippen molar-refractivity contribution in [3.63, 3.8) is 0 Å². The molecule has 0 bridgehead atoms. The van der Waals surface area contributed by atoms with Crippen LogP contribution in [0.15, 0.2) is 30.4 Å². The third kappa shape index (κ3) is 3.57. The molecule has 15 heavy (non-hydrogen) atoms. The second-order valence-corrected chi connectivity index (χ2v) is 4.65. The van der Waals surface area contributed by atoms with E-state index in [9.17, 15) is 9.50 Å². The molecule has 0 fully saturated rings. The van der Waals surface area contributed by atoms with Crippen molar-refractivity contribution < 1.29 is 9.50 Å². The van der Waals surface area contributed by atoms with E-state index in [4.69, 9.17) is 0 Å². The van der Waals surface area contributed by atoms with Crippen LogP contribution in [0.3, 0.4) is 0 Å². The molecule has 1 aromatic carbocycles. The van der Waals surface area contributed by atoms with Crippen molar-refractivity contribution in [3.05, 3.63) is 45.3 Å². The fourth-order valence-corrected chi connectivity index (χ4v) is 2.14. The van der Waals surface area contributed by atoms with Crippen molar-refractivity contribution in [1.82, 2.24) is 0 Å². The summed E-state index contributed by atoms with van der Waals surface area (Å²) in [4.78, 5) is 0. The second-order valence-electron chi connectivity index (χ2n) is 3.49. The van der Waals surface area contributed by atoms with E-state index in [1.807, 2.05) is 29.5 Å². The van der Waals surface area contributed by atoms with Crippen LogP contribution in [0.4, 0.5) is 4.39 Å². The molecular weight excluding hydrogens is 306 g/mol. The minimum Gasteiger partial charge on any atom is -0.388 e. The van der Waals surface area contributed by atoms with E-state index in [2.05, 4.69) is 6.58 Å². The van der Waals surface area contributed by atoms with Crippen LogP contribution in [0.2, 0.25) is 0 Å². The summed E-state index contributed by atoms with van der Waals surface area (Å²) in [5.74, 6) is -0.273. The van der Waals surface area contributed by atoms with Gasteiger partial charge in [0.1, 0.15) is 5.82 Å². The molecule has 1 unspecified atom stereocenters. The lowest BCUT2D eigenvalue weighted by Gasteiger charge is -2.13. The van der Waals surface area contributed by atoms with Gasteiger partial charge < -0.3 is 5.11 Å². The van der Waals surface area contributed by atoms with Crippen LogP contribution in [0.5, 0.6) is 0 Å². The van der Waals surface area contributed by atoms with Gasteiger partial charge in [0.25, 0.3) is 0 Å². The Morgan fingerprint density at radius 2 is 2.27 bits per heavy atom. The molecule has 0 heterocycles. The van der Waals surface area contributed by atoms with Crippen molar-refractivity contribution in [3.8, 4) is 0 Å². The summed E-state index contributed by atoms with van der Waals surface area (Å²) < 4.78 is 13.6. The lowest BCUT2D eigenvalue weighted by molar-refractivity contribution is 0.176. The number of benzene rings is 1. The van der Waals surface area contributed by atoms with Gasteiger partial charge in [-0.05, 0) is 53.1 Å². The molecule has 1 atom stereocenters. The maximum atomic E-state index is 12.8. The quantitative estimate of drug-likeness (QED) is 0.660. The molecule has 0 saturated carbocycles. The Morgan fingerprint density at radius 3 is 2.80 bits per heavy atom. The number of aliphatic hydroxyl groups excluding tert-OH is 1. The summed E-state index contributed by atoms with van der Waals surface area (Å²) >= 11 is 2.03. The van der Waals surface area contributed by atoms with Crippen LogP contribution in [0.1, 0.15) is 31.4 Å². The largest absolute Gasteiger partial charge is 0.388 e. The molecular formula is C12H14FIO. The summed E-state index contributed by atoms with van der Waals surface area (Å²) in [6, 6.07) is 4.42. The summed E-state index contributed by atoms with van der Waals surface area (Å²) in [5.41, 5.74) is 1.77. The van der Waals surface area contributed by atoms with E-state index in [1.165, 1.54) is 12.1 Å². The number of aliphatic hydroxyl groups is 1. The number of halogens is 2. The zero-order valence-electron chi connectivity index (χ0n) is 8.63. The minimum absolute atomic E-state index is 0.273. The van der Waals surface area contributed by atoms with Gasteiger partial charge in [0, 0.05) is 3.57 Å². The zero-order valence-corrected chi connectivity index (χ0v) is 10.8. The second kappa shape index (κ2) is 5.61. The maximum Gasteiger partial charge on any atom is 0.124 e. The Hall–Kier alpha value is -0.420. The van der Waals surface area contributed by atoms with Crippen LogP contribution in [-0.2, 0) is 0 Å². The lowest BCUT2D eigenvalue weighted by atomic mass is 10.0. The highest BCUT2D eigenvalue weighted by atomic mass is 127. The van der Waals surface area contributed by atoms with Gasteiger partial charge in [0.05, 0.1) is 6.10 Å². The van der Waals surface area contributed by atoms with E-state index in [0.717, 1.165) is 21.1 Å². The van der Waals surface area contributed by atoms with Gasteiger partial charge in [0.2, 0.25) is 0 Å². The van der Waals surface area contributed by atoms with Crippen LogP contribution in [0.25, 0.3) is 0 Å². The Labute approximate surface area is 103 Å². The predicted molar refractivity (Wildman–Crippen MR) is 68.1 cm³/mol. The lowest BCUT2D eigenvalue weighted by Crippen LogP contribution is -2.01. The molecule has 1 N–H and O–H groups in total. The van der Waals surface area contributed by atoms with Crippen molar-refractivity contribution >= 4 is 22.6 Å².